The number of aryl methyl sites for hydroxylation is 1. The lowest BCUT2D eigenvalue weighted by atomic mass is 10.2. The first-order valence-corrected chi connectivity index (χ1v) is 7.88. The minimum absolute atomic E-state index is 0.281. The lowest BCUT2D eigenvalue weighted by molar-refractivity contribution is 0.102. The van der Waals surface area contributed by atoms with E-state index in [-0.39, 0.29) is 11.7 Å². The van der Waals surface area contributed by atoms with Crippen LogP contribution in [0.1, 0.15) is 16.1 Å². The van der Waals surface area contributed by atoms with Gasteiger partial charge in [0.15, 0.2) is 11.5 Å². The van der Waals surface area contributed by atoms with Crippen LogP contribution in [0.15, 0.2) is 42.7 Å². The van der Waals surface area contributed by atoms with Gasteiger partial charge < -0.3 is 5.32 Å². The van der Waals surface area contributed by atoms with Crippen LogP contribution in [-0.2, 0) is 13.6 Å². The maximum absolute atomic E-state index is 13.6. The smallest absolute Gasteiger partial charge is 0.278 e. The van der Waals surface area contributed by atoms with Crippen molar-refractivity contribution in [3.05, 3.63) is 63.4 Å². The molecule has 3 rings (SSSR count). The van der Waals surface area contributed by atoms with Gasteiger partial charge in [0.05, 0.1) is 10.1 Å². The Labute approximate surface area is 145 Å². The molecule has 0 aliphatic carbocycles. The Morgan fingerprint density at radius 1 is 1.30 bits per heavy atom. The summed E-state index contributed by atoms with van der Waals surface area (Å²) in [5.74, 6) is -0.212. The molecule has 0 saturated carbocycles. The van der Waals surface area contributed by atoms with Crippen LogP contribution in [0.2, 0.25) is 0 Å². The van der Waals surface area contributed by atoms with Gasteiger partial charge in [-0.05, 0) is 28.7 Å². The van der Waals surface area contributed by atoms with Crippen molar-refractivity contribution in [2.24, 2.45) is 7.05 Å². The molecular formula is C15H13FIN5O. The fraction of sp³-hybridized carbons (Fsp3) is 0.133. The first-order valence-electron chi connectivity index (χ1n) is 6.80. The van der Waals surface area contributed by atoms with E-state index in [9.17, 15) is 9.18 Å². The fourth-order valence-electron chi connectivity index (χ4n) is 2.11. The summed E-state index contributed by atoms with van der Waals surface area (Å²) in [7, 11) is 1.75. The van der Waals surface area contributed by atoms with Crippen molar-refractivity contribution in [3.63, 3.8) is 0 Å². The van der Waals surface area contributed by atoms with Gasteiger partial charge in [-0.25, -0.2) is 4.39 Å². The first kappa shape index (κ1) is 15.7. The largest absolute Gasteiger partial charge is 0.304 e. The van der Waals surface area contributed by atoms with Crippen LogP contribution in [-0.4, -0.2) is 25.5 Å². The lowest BCUT2D eigenvalue weighted by Gasteiger charge is -2.03. The number of hydrogen-bond donors (Lipinski definition) is 1. The van der Waals surface area contributed by atoms with E-state index in [1.807, 2.05) is 0 Å². The highest BCUT2D eigenvalue weighted by Gasteiger charge is 2.15. The van der Waals surface area contributed by atoms with E-state index in [1.54, 1.807) is 53.1 Å². The number of anilines is 1. The number of benzene rings is 1. The maximum atomic E-state index is 13.6. The number of aromatic nitrogens is 4. The Balaban J connectivity index is 1.71. The van der Waals surface area contributed by atoms with E-state index in [2.05, 4.69) is 38.1 Å². The molecule has 1 amide bonds. The van der Waals surface area contributed by atoms with E-state index in [0.717, 1.165) is 3.57 Å². The number of rotatable bonds is 4. The third-order valence-corrected chi connectivity index (χ3v) is 3.96. The molecule has 6 nitrogen and oxygen atoms in total. The van der Waals surface area contributed by atoms with Crippen LogP contribution in [0.5, 0.6) is 0 Å². The average molecular weight is 425 g/mol. The molecule has 2 heterocycles. The van der Waals surface area contributed by atoms with Crippen molar-refractivity contribution >= 4 is 34.3 Å². The van der Waals surface area contributed by atoms with Gasteiger partial charge in [-0.1, -0.05) is 18.2 Å². The Morgan fingerprint density at radius 2 is 2.09 bits per heavy atom. The minimum Gasteiger partial charge on any atom is -0.304 e. The predicted molar refractivity (Wildman–Crippen MR) is 91.6 cm³/mol. The molecule has 0 bridgehead atoms. The molecule has 23 heavy (non-hydrogen) atoms. The molecule has 0 spiro atoms. The SMILES string of the molecule is Cn1cc(I)c(C(=O)Nc2ccn(Cc3ccccc3F)n2)n1. The third kappa shape index (κ3) is 3.58. The fourth-order valence-corrected chi connectivity index (χ4v) is 2.86. The average Bonchev–Trinajstić information content (AvgIpc) is 3.07. The summed E-state index contributed by atoms with van der Waals surface area (Å²) < 4.78 is 17.5. The first-order chi connectivity index (χ1) is 11.0. The number of nitrogens with zero attached hydrogens (tertiary/aromatic N) is 4. The minimum atomic E-state index is -0.328. The molecule has 0 radical (unpaired) electrons. The number of carbonyl (C=O) groups is 1. The summed E-state index contributed by atoms with van der Waals surface area (Å²) >= 11 is 2.05. The summed E-state index contributed by atoms with van der Waals surface area (Å²) in [5, 5.41) is 11.0. The van der Waals surface area contributed by atoms with Crippen molar-refractivity contribution in [1.29, 1.82) is 0 Å². The summed E-state index contributed by atoms with van der Waals surface area (Å²) in [6.07, 6.45) is 3.44. The molecule has 2 aromatic heterocycles. The van der Waals surface area contributed by atoms with Crippen LogP contribution >= 0.6 is 22.6 Å². The van der Waals surface area contributed by atoms with Crippen LogP contribution < -0.4 is 5.32 Å². The lowest BCUT2D eigenvalue weighted by Crippen LogP contribution is -2.15. The van der Waals surface area contributed by atoms with Gasteiger partial charge in [-0.15, -0.1) is 0 Å². The Kier molecular flexibility index (Phi) is 4.42. The van der Waals surface area contributed by atoms with E-state index < -0.39 is 0 Å². The molecular weight excluding hydrogens is 412 g/mol. The Hall–Kier alpha value is -2.23. The summed E-state index contributed by atoms with van der Waals surface area (Å²) in [6, 6.07) is 8.18. The predicted octanol–water partition coefficient (Wildman–Crippen LogP) is 2.66. The molecule has 118 valence electrons. The van der Waals surface area contributed by atoms with Crippen molar-refractivity contribution in [2.75, 3.05) is 5.32 Å². The number of hydrogen-bond acceptors (Lipinski definition) is 3. The quantitative estimate of drug-likeness (QED) is 0.654. The van der Waals surface area contributed by atoms with Gasteiger partial charge >= 0.3 is 0 Å². The molecule has 0 aliphatic heterocycles. The number of carbonyl (C=O) groups excluding carboxylic acids is 1. The van der Waals surface area contributed by atoms with Gasteiger partial charge in [0, 0.05) is 31.1 Å². The van der Waals surface area contributed by atoms with Crippen molar-refractivity contribution in [2.45, 2.75) is 6.54 Å². The second-order valence-electron chi connectivity index (χ2n) is 4.94. The monoisotopic (exact) mass is 425 g/mol. The maximum Gasteiger partial charge on any atom is 0.278 e. The van der Waals surface area contributed by atoms with Crippen LogP contribution in [0.3, 0.4) is 0 Å². The van der Waals surface area contributed by atoms with E-state index in [0.29, 0.717) is 23.6 Å². The van der Waals surface area contributed by atoms with Crippen molar-refractivity contribution < 1.29 is 9.18 Å². The Bertz CT molecular complexity index is 857. The standard InChI is InChI=1S/C15H13FIN5O/c1-21-9-12(17)14(20-21)15(23)18-13-6-7-22(19-13)8-10-4-2-3-5-11(10)16/h2-7,9H,8H2,1H3,(H,18,19,23). The molecule has 0 fully saturated rings. The van der Waals surface area contributed by atoms with E-state index in [1.165, 1.54) is 6.07 Å². The summed E-state index contributed by atoms with van der Waals surface area (Å²) in [5.41, 5.74) is 0.879. The van der Waals surface area contributed by atoms with Crippen molar-refractivity contribution in [3.8, 4) is 0 Å². The summed E-state index contributed by atoms with van der Waals surface area (Å²) in [4.78, 5) is 12.2. The molecule has 0 unspecified atom stereocenters. The highest BCUT2D eigenvalue weighted by molar-refractivity contribution is 14.1. The van der Waals surface area contributed by atoms with Crippen molar-refractivity contribution in [1.82, 2.24) is 19.6 Å². The highest BCUT2D eigenvalue weighted by atomic mass is 127. The molecule has 3 aromatic rings. The second kappa shape index (κ2) is 6.49. The van der Waals surface area contributed by atoms with Gasteiger partial charge in [-0.3, -0.25) is 14.2 Å². The zero-order chi connectivity index (χ0) is 16.4. The molecule has 0 aliphatic rings. The Morgan fingerprint density at radius 3 is 2.78 bits per heavy atom. The molecule has 1 N–H and O–H groups in total. The van der Waals surface area contributed by atoms with Crippen LogP contribution in [0.25, 0.3) is 0 Å². The van der Waals surface area contributed by atoms with Crippen LogP contribution in [0, 0.1) is 9.39 Å². The van der Waals surface area contributed by atoms with Gasteiger partial charge in [0.2, 0.25) is 0 Å². The van der Waals surface area contributed by atoms with Crippen LogP contribution in [0.4, 0.5) is 10.2 Å². The summed E-state index contributed by atoms with van der Waals surface area (Å²) in [6.45, 7) is 0.295. The zero-order valence-electron chi connectivity index (χ0n) is 12.2. The normalized spacial score (nSPS) is 10.7. The van der Waals surface area contributed by atoms with E-state index in [4.69, 9.17) is 0 Å². The van der Waals surface area contributed by atoms with Gasteiger partial charge in [0.1, 0.15) is 5.82 Å². The second-order valence-corrected chi connectivity index (χ2v) is 6.11. The van der Waals surface area contributed by atoms with E-state index >= 15 is 0 Å². The zero-order valence-corrected chi connectivity index (χ0v) is 14.4. The van der Waals surface area contributed by atoms with Gasteiger partial charge in [0.25, 0.3) is 5.91 Å². The molecule has 8 heteroatoms. The molecule has 1 aromatic carbocycles. The highest BCUT2D eigenvalue weighted by Crippen LogP contribution is 2.13. The topological polar surface area (TPSA) is 64.7 Å². The number of halogens is 2. The van der Waals surface area contributed by atoms with Gasteiger partial charge in [-0.2, -0.15) is 10.2 Å². The molecule has 0 atom stereocenters. The molecule has 0 saturated heterocycles. The number of nitrogens with one attached hydrogen (secondary N) is 1. The number of amides is 1. The third-order valence-electron chi connectivity index (χ3n) is 3.17.